The summed E-state index contributed by atoms with van der Waals surface area (Å²) in [5.41, 5.74) is 0. The third-order valence-electron chi connectivity index (χ3n) is 9.19. The Balaban J connectivity index is 2.13. The van der Waals surface area contributed by atoms with Gasteiger partial charge in [0.1, 0.15) is 0 Å². The molecule has 0 N–H and O–H groups in total. The number of rotatable bonds is 7. The van der Waals surface area contributed by atoms with Crippen LogP contribution in [0.25, 0.3) is 0 Å². The fourth-order valence-electron chi connectivity index (χ4n) is 6.38. The lowest BCUT2D eigenvalue weighted by Gasteiger charge is -2.58. The highest BCUT2D eigenvalue weighted by Gasteiger charge is 2.66. The Labute approximate surface area is 210 Å². The standard InChI is InChI=1S/C30H38Si4/c1-31(2,27-19-11-7-12-20-27)33(5,29-23-15-9-16-24-29)34(6,30-25-17-10-18-26-30)32(3,4)28-21-13-8-14-22-28/h7-26H,1-6H3. The van der Waals surface area contributed by atoms with E-state index in [1.807, 2.05) is 0 Å². The first-order valence-corrected chi connectivity index (χ1v) is 26.4. The van der Waals surface area contributed by atoms with Gasteiger partial charge in [0.2, 0.25) is 0 Å². The van der Waals surface area contributed by atoms with E-state index in [-0.39, 0.29) is 0 Å². The van der Waals surface area contributed by atoms with E-state index in [1.54, 1.807) is 20.7 Å². The second-order valence-corrected chi connectivity index (χ2v) is 46.8. The van der Waals surface area contributed by atoms with Gasteiger partial charge in [-0.15, -0.1) is 0 Å². The monoisotopic (exact) mass is 510 g/mol. The zero-order chi connectivity index (χ0) is 24.5. The molecule has 0 heterocycles. The highest BCUT2D eigenvalue weighted by Crippen LogP contribution is 2.35. The third kappa shape index (κ3) is 3.77. The van der Waals surface area contributed by atoms with Crippen LogP contribution in [0.4, 0.5) is 0 Å². The number of hydrogen-bond acceptors (Lipinski definition) is 0. The quantitative estimate of drug-likeness (QED) is 0.291. The largest absolute Gasteiger partial charge is 0.0796 e. The molecule has 174 valence electrons. The van der Waals surface area contributed by atoms with Gasteiger partial charge in [0, 0.05) is 0 Å². The van der Waals surface area contributed by atoms with Crippen LogP contribution in [0.2, 0.25) is 39.3 Å². The highest BCUT2D eigenvalue weighted by molar-refractivity contribution is 7.91. The van der Waals surface area contributed by atoms with Crippen molar-refractivity contribution in [1.29, 1.82) is 0 Å². The van der Waals surface area contributed by atoms with Crippen LogP contribution in [0.3, 0.4) is 0 Å². The molecule has 0 spiro atoms. The van der Waals surface area contributed by atoms with Crippen LogP contribution in [0.15, 0.2) is 121 Å². The van der Waals surface area contributed by atoms with Gasteiger partial charge in [-0.3, -0.25) is 0 Å². The lowest BCUT2D eigenvalue weighted by atomic mass is 10.4. The fourth-order valence-corrected chi connectivity index (χ4v) is 82.7. The molecule has 4 aromatic rings. The van der Waals surface area contributed by atoms with Crippen LogP contribution in [0.1, 0.15) is 0 Å². The maximum Gasteiger partial charge on any atom is 0.0796 e. The number of hydrogen-bond donors (Lipinski definition) is 0. The van der Waals surface area contributed by atoms with E-state index < -0.39 is 29.4 Å². The molecule has 0 aromatic heterocycles. The van der Waals surface area contributed by atoms with Crippen molar-refractivity contribution in [2.75, 3.05) is 0 Å². The van der Waals surface area contributed by atoms with Crippen LogP contribution in [0.5, 0.6) is 0 Å². The summed E-state index contributed by atoms with van der Waals surface area (Å²) < 4.78 is 0. The van der Waals surface area contributed by atoms with Crippen molar-refractivity contribution < 1.29 is 0 Å². The molecule has 0 saturated heterocycles. The first-order valence-electron chi connectivity index (χ1n) is 12.4. The third-order valence-corrected chi connectivity index (χ3v) is 71.4. The maximum atomic E-state index is 2.79. The van der Waals surface area contributed by atoms with Crippen molar-refractivity contribution in [3.8, 4) is 0 Å². The van der Waals surface area contributed by atoms with Gasteiger partial charge in [-0.05, 0) is 0 Å². The lowest BCUT2D eigenvalue weighted by molar-refractivity contribution is 1.68. The average Bonchev–Trinajstić information content (AvgIpc) is 2.89. The van der Waals surface area contributed by atoms with Crippen LogP contribution in [0, 0.1) is 0 Å². The normalized spacial score (nSPS) is 15.8. The Morgan fingerprint density at radius 2 is 0.500 bits per heavy atom. The van der Waals surface area contributed by atoms with Crippen molar-refractivity contribution in [3.05, 3.63) is 121 Å². The first-order chi connectivity index (χ1) is 16.2. The summed E-state index contributed by atoms with van der Waals surface area (Å²) in [6.45, 7) is 16.3. The average molecular weight is 511 g/mol. The molecule has 0 aliphatic heterocycles. The van der Waals surface area contributed by atoms with Crippen LogP contribution >= 0.6 is 0 Å². The van der Waals surface area contributed by atoms with Gasteiger partial charge in [-0.2, -0.15) is 0 Å². The van der Waals surface area contributed by atoms with Gasteiger partial charge in [0.15, 0.2) is 0 Å². The molecule has 2 unspecified atom stereocenters. The van der Waals surface area contributed by atoms with E-state index in [2.05, 4.69) is 161 Å². The highest BCUT2D eigenvalue weighted by atomic mass is 29.8. The van der Waals surface area contributed by atoms with Gasteiger partial charge in [-0.25, -0.2) is 0 Å². The molecule has 34 heavy (non-hydrogen) atoms. The molecule has 4 rings (SSSR count). The zero-order valence-electron chi connectivity index (χ0n) is 21.5. The first kappa shape index (κ1) is 24.9. The van der Waals surface area contributed by atoms with Crippen molar-refractivity contribution in [1.82, 2.24) is 0 Å². The molecule has 0 aliphatic rings. The summed E-state index contributed by atoms with van der Waals surface area (Å²) in [6.07, 6.45) is 0. The minimum Gasteiger partial charge on any atom is -0.0686 e. The van der Waals surface area contributed by atoms with Gasteiger partial charge in [0.25, 0.3) is 0 Å². The molecule has 4 aromatic carbocycles. The second-order valence-electron chi connectivity index (χ2n) is 11.0. The van der Waals surface area contributed by atoms with Crippen LogP contribution in [-0.4, -0.2) is 29.4 Å². The van der Waals surface area contributed by atoms with Crippen molar-refractivity contribution in [3.63, 3.8) is 0 Å². The minimum atomic E-state index is -2.07. The van der Waals surface area contributed by atoms with Crippen molar-refractivity contribution >= 4 is 50.1 Å². The molecule has 4 heteroatoms. The Bertz CT molecular complexity index is 1110. The molecule has 0 fully saturated rings. The van der Waals surface area contributed by atoms with Gasteiger partial charge in [-0.1, -0.05) is 181 Å². The fraction of sp³-hybridized carbons (Fsp3) is 0.200. The van der Waals surface area contributed by atoms with Gasteiger partial charge < -0.3 is 0 Å². The van der Waals surface area contributed by atoms with Crippen molar-refractivity contribution in [2.45, 2.75) is 39.3 Å². The summed E-state index contributed by atoms with van der Waals surface area (Å²) >= 11 is 0. The Hall–Kier alpha value is -2.25. The van der Waals surface area contributed by atoms with E-state index in [1.165, 1.54) is 0 Å². The summed E-state index contributed by atoms with van der Waals surface area (Å²) in [5.74, 6) is 0. The Kier molecular flexibility index (Phi) is 6.89. The summed E-state index contributed by atoms with van der Waals surface area (Å²) in [7, 11) is -7.93. The molecule has 0 amide bonds. The van der Waals surface area contributed by atoms with E-state index in [0.29, 0.717) is 0 Å². The van der Waals surface area contributed by atoms with E-state index in [4.69, 9.17) is 0 Å². The molecule has 0 nitrogen and oxygen atoms in total. The molecule has 0 bridgehead atoms. The second kappa shape index (κ2) is 9.42. The van der Waals surface area contributed by atoms with Crippen LogP contribution in [-0.2, 0) is 0 Å². The predicted octanol–water partition coefficient (Wildman–Crippen LogP) is 5.42. The Morgan fingerprint density at radius 1 is 0.294 bits per heavy atom. The summed E-state index contributed by atoms with van der Waals surface area (Å²) in [4.78, 5) is 0. The molecular formula is C30H38Si4. The van der Waals surface area contributed by atoms with Crippen molar-refractivity contribution in [2.24, 2.45) is 0 Å². The molecule has 0 aliphatic carbocycles. The minimum absolute atomic E-state index is 1.61. The summed E-state index contributed by atoms with van der Waals surface area (Å²) in [6, 6.07) is 46.5. The van der Waals surface area contributed by atoms with Crippen LogP contribution < -0.4 is 20.7 Å². The molecular weight excluding hydrogens is 473 g/mol. The zero-order valence-corrected chi connectivity index (χ0v) is 25.5. The lowest BCUT2D eigenvalue weighted by Crippen LogP contribution is -2.93. The molecule has 0 radical (unpaired) electrons. The SMILES string of the molecule is C[Si](C)(c1ccccc1)[Si](C)(c1ccccc1)[Si](C)(c1ccccc1)[Si](C)(C)c1ccccc1. The van der Waals surface area contributed by atoms with E-state index >= 15 is 0 Å². The number of benzene rings is 4. The van der Waals surface area contributed by atoms with Gasteiger partial charge >= 0.3 is 0 Å². The van der Waals surface area contributed by atoms with E-state index in [0.717, 1.165) is 0 Å². The van der Waals surface area contributed by atoms with E-state index in [9.17, 15) is 0 Å². The van der Waals surface area contributed by atoms with Gasteiger partial charge in [0.05, 0.1) is 29.4 Å². The summed E-state index contributed by atoms with van der Waals surface area (Å²) in [5, 5.41) is 6.54. The topological polar surface area (TPSA) is 0 Å². The maximum absolute atomic E-state index is 2.79. The predicted molar refractivity (Wildman–Crippen MR) is 163 cm³/mol. The molecule has 2 atom stereocenters. The smallest absolute Gasteiger partial charge is 0.0686 e. The molecule has 0 saturated carbocycles. The Morgan fingerprint density at radius 3 is 0.735 bits per heavy atom.